The first-order valence-electron chi connectivity index (χ1n) is 5.00. The summed E-state index contributed by atoms with van der Waals surface area (Å²) in [6.45, 7) is 3.12. The van der Waals surface area contributed by atoms with Crippen molar-refractivity contribution < 1.29 is 0 Å². The van der Waals surface area contributed by atoms with Gasteiger partial charge in [0.05, 0.1) is 0 Å². The van der Waals surface area contributed by atoms with E-state index in [1.807, 2.05) is 0 Å². The maximum Gasteiger partial charge on any atom is 0.0268 e. The third-order valence-corrected chi connectivity index (χ3v) is 2.88. The molecule has 1 nitrogen and oxygen atoms in total. The first kappa shape index (κ1) is 8.01. The van der Waals surface area contributed by atoms with Gasteiger partial charge in [0.25, 0.3) is 0 Å². The number of hydrogen-bond donors (Lipinski definition) is 1. The maximum atomic E-state index is 3.28. The molecule has 1 radical (unpaired) electrons. The molecule has 1 N–H and O–H groups in total. The molecule has 0 saturated heterocycles. The molecule has 0 bridgehead atoms. The molecule has 2 aromatic carbocycles. The number of hydrogen-bond acceptors (Lipinski definition) is 1. The summed E-state index contributed by atoms with van der Waals surface area (Å²) in [7, 11) is 0. The molecule has 0 fully saturated rings. The van der Waals surface area contributed by atoms with E-state index in [1.54, 1.807) is 0 Å². The Bertz CT molecular complexity index is 474. The molecular formula is C13H12N. The van der Waals surface area contributed by atoms with Crippen LogP contribution >= 0.6 is 0 Å². The van der Waals surface area contributed by atoms with Gasteiger partial charge in [-0.05, 0) is 28.3 Å². The van der Waals surface area contributed by atoms with Gasteiger partial charge in [-0.3, -0.25) is 0 Å². The predicted octanol–water partition coefficient (Wildman–Crippen LogP) is 2.65. The Kier molecular flexibility index (Phi) is 1.78. The zero-order valence-electron chi connectivity index (χ0n) is 7.96. The topological polar surface area (TPSA) is 12.0 Å². The van der Waals surface area contributed by atoms with Crippen molar-refractivity contribution in [3.63, 3.8) is 0 Å². The first-order valence-corrected chi connectivity index (χ1v) is 5.00. The Balaban J connectivity index is 2.34. The molecule has 1 heteroatoms. The molecule has 1 aliphatic heterocycles. The predicted molar refractivity (Wildman–Crippen MR) is 58.8 cm³/mol. The van der Waals surface area contributed by atoms with Gasteiger partial charge in [0.2, 0.25) is 0 Å². The molecule has 69 valence electrons. The number of benzene rings is 2. The van der Waals surface area contributed by atoms with E-state index in [0.29, 0.717) is 0 Å². The van der Waals surface area contributed by atoms with Crippen molar-refractivity contribution in [3.8, 4) is 0 Å². The molecule has 0 saturated carbocycles. The summed E-state index contributed by atoms with van der Waals surface area (Å²) in [5.41, 5.74) is 2.92. The van der Waals surface area contributed by atoms with Gasteiger partial charge in [-0.25, -0.2) is 0 Å². The monoisotopic (exact) mass is 182 g/mol. The van der Waals surface area contributed by atoms with Crippen LogP contribution in [0, 0.1) is 6.54 Å². The third-order valence-electron chi connectivity index (χ3n) is 2.88. The van der Waals surface area contributed by atoms with E-state index in [1.165, 1.54) is 21.9 Å². The molecule has 1 aliphatic rings. The lowest BCUT2D eigenvalue weighted by Gasteiger charge is -2.18. The first-order chi connectivity index (χ1) is 6.95. The molecule has 0 spiro atoms. The minimum Gasteiger partial charge on any atom is -0.308 e. The molecular weight excluding hydrogens is 170 g/mol. The lowest BCUT2D eigenvalue weighted by Crippen LogP contribution is -2.18. The molecule has 0 atom stereocenters. The van der Waals surface area contributed by atoms with Crippen molar-refractivity contribution in [3.05, 3.63) is 54.1 Å². The summed E-state index contributed by atoms with van der Waals surface area (Å²) in [5, 5.41) is 6.03. The molecule has 2 aromatic rings. The van der Waals surface area contributed by atoms with Crippen LogP contribution in [0.3, 0.4) is 0 Å². The zero-order valence-corrected chi connectivity index (χ0v) is 7.96. The standard InChI is InChI=1S/C13H12N/c1-2-4-12-10(3-1)5-6-11-9-14-8-7-13(11)12/h1-6,8,14H,7,9H2. The van der Waals surface area contributed by atoms with Gasteiger partial charge in [-0.2, -0.15) is 0 Å². The quantitative estimate of drug-likeness (QED) is 0.660. The van der Waals surface area contributed by atoms with Crippen LogP contribution in [0.4, 0.5) is 0 Å². The van der Waals surface area contributed by atoms with Crippen molar-refractivity contribution in [2.45, 2.75) is 13.0 Å². The summed E-state index contributed by atoms with van der Waals surface area (Å²) in [6, 6.07) is 13.0. The highest BCUT2D eigenvalue weighted by molar-refractivity contribution is 5.87. The Hall–Kier alpha value is -1.34. The SMILES string of the molecule is [CH]1Cc2c(ccc3ccccc23)CN1. The van der Waals surface area contributed by atoms with E-state index >= 15 is 0 Å². The fraction of sp³-hybridized carbons (Fsp3) is 0.154. The zero-order chi connectivity index (χ0) is 9.38. The van der Waals surface area contributed by atoms with Crippen LogP contribution < -0.4 is 5.32 Å². The summed E-state index contributed by atoms with van der Waals surface area (Å²) in [5.74, 6) is 0. The van der Waals surface area contributed by atoms with Gasteiger partial charge in [0.1, 0.15) is 0 Å². The molecule has 0 aromatic heterocycles. The Labute approximate surface area is 83.8 Å². The highest BCUT2D eigenvalue weighted by Gasteiger charge is 2.10. The summed E-state index contributed by atoms with van der Waals surface area (Å²) in [6.07, 6.45) is 1.04. The van der Waals surface area contributed by atoms with Gasteiger partial charge in [-0.15, -0.1) is 0 Å². The normalized spacial score (nSPS) is 15.4. The van der Waals surface area contributed by atoms with E-state index < -0.39 is 0 Å². The van der Waals surface area contributed by atoms with Crippen LogP contribution in [0.1, 0.15) is 11.1 Å². The van der Waals surface area contributed by atoms with Gasteiger partial charge < -0.3 is 5.32 Å². The van der Waals surface area contributed by atoms with Crippen molar-refractivity contribution in [2.75, 3.05) is 0 Å². The fourth-order valence-electron chi connectivity index (χ4n) is 2.14. The lowest BCUT2D eigenvalue weighted by atomic mass is 9.94. The average Bonchev–Trinajstić information content (AvgIpc) is 2.29. The van der Waals surface area contributed by atoms with Crippen LogP contribution in [0.5, 0.6) is 0 Å². The minimum atomic E-state index is 0.972. The number of fused-ring (bicyclic) bond motifs is 3. The van der Waals surface area contributed by atoms with E-state index in [4.69, 9.17) is 0 Å². The summed E-state index contributed by atoms with van der Waals surface area (Å²) < 4.78 is 0. The Morgan fingerprint density at radius 1 is 1.00 bits per heavy atom. The maximum absolute atomic E-state index is 3.28. The second kappa shape index (κ2) is 3.10. The van der Waals surface area contributed by atoms with Crippen LogP contribution in [0.2, 0.25) is 0 Å². The van der Waals surface area contributed by atoms with Gasteiger partial charge in [-0.1, -0.05) is 36.4 Å². The molecule has 0 unspecified atom stereocenters. The van der Waals surface area contributed by atoms with E-state index in [2.05, 4.69) is 48.3 Å². The average molecular weight is 182 g/mol. The highest BCUT2D eigenvalue weighted by Crippen LogP contribution is 2.25. The summed E-state index contributed by atoms with van der Waals surface area (Å²) in [4.78, 5) is 0. The van der Waals surface area contributed by atoms with Gasteiger partial charge in [0, 0.05) is 13.1 Å². The van der Waals surface area contributed by atoms with E-state index in [9.17, 15) is 0 Å². The Morgan fingerprint density at radius 2 is 1.93 bits per heavy atom. The van der Waals surface area contributed by atoms with E-state index in [0.717, 1.165) is 13.0 Å². The molecule has 1 heterocycles. The largest absolute Gasteiger partial charge is 0.308 e. The smallest absolute Gasteiger partial charge is 0.0268 e. The van der Waals surface area contributed by atoms with Gasteiger partial charge >= 0.3 is 0 Å². The van der Waals surface area contributed by atoms with Crippen molar-refractivity contribution in [1.29, 1.82) is 0 Å². The van der Waals surface area contributed by atoms with Crippen molar-refractivity contribution >= 4 is 10.8 Å². The second-order valence-corrected chi connectivity index (χ2v) is 3.71. The van der Waals surface area contributed by atoms with E-state index in [-0.39, 0.29) is 0 Å². The number of rotatable bonds is 0. The third kappa shape index (κ3) is 1.13. The molecule has 14 heavy (non-hydrogen) atoms. The summed E-state index contributed by atoms with van der Waals surface area (Å²) >= 11 is 0. The molecule has 3 rings (SSSR count). The second-order valence-electron chi connectivity index (χ2n) is 3.71. The van der Waals surface area contributed by atoms with Gasteiger partial charge in [0.15, 0.2) is 0 Å². The number of nitrogens with one attached hydrogen (secondary N) is 1. The van der Waals surface area contributed by atoms with Crippen LogP contribution in [0.15, 0.2) is 36.4 Å². The molecule has 0 aliphatic carbocycles. The van der Waals surface area contributed by atoms with Crippen molar-refractivity contribution in [2.24, 2.45) is 0 Å². The van der Waals surface area contributed by atoms with Crippen LogP contribution in [-0.2, 0) is 13.0 Å². The van der Waals surface area contributed by atoms with Crippen molar-refractivity contribution in [1.82, 2.24) is 5.32 Å². The lowest BCUT2D eigenvalue weighted by molar-refractivity contribution is 0.730. The van der Waals surface area contributed by atoms with Crippen LogP contribution in [-0.4, -0.2) is 0 Å². The molecule has 0 amide bonds. The highest BCUT2D eigenvalue weighted by atomic mass is 14.9. The Morgan fingerprint density at radius 3 is 2.93 bits per heavy atom. The minimum absolute atomic E-state index is 0.972. The fourth-order valence-corrected chi connectivity index (χ4v) is 2.14. The van der Waals surface area contributed by atoms with Crippen LogP contribution in [0.25, 0.3) is 10.8 Å².